The first-order valence-corrected chi connectivity index (χ1v) is 29.4. The minimum Gasteiger partial charge on any atom is -0.455 e. The second-order valence-corrected chi connectivity index (χ2v) is 24.9. The van der Waals surface area contributed by atoms with Crippen LogP contribution in [0.3, 0.4) is 0 Å². The van der Waals surface area contributed by atoms with E-state index in [0.29, 0.717) is 25.7 Å². The molecule has 0 bridgehead atoms. The fourth-order valence-corrected chi connectivity index (χ4v) is 15.7. The average Bonchev–Trinajstić information content (AvgIpc) is 1.27. The molecule has 4 heterocycles. The number of hydrogen-bond acceptors (Lipinski definition) is 25. The number of carbonyl (C=O) groups excluding carboxylic acids is 3. The van der Waals surface area contributed by atoms with Crippen LogP contribution in [0.5, 0.6) is 0 Å². The summed E-state index contributed by atoms with van der Waals surface area (Å²) in [5.74, 6) is -3.61. The van der Waals surface area contributed by atoms with E-state index < -0.39 is 188 Å². The topological polar surface area (TPSA) is 364 Å². The Balaban J connectivity index is 0.863. The molecule has 0 spiro atoms. The molecule has 10 N–H and O–H groups in total. The Bertz CT molecular complexity index is 2470. The highest BCUT2D eigenvalue weighted by atomic mass is 16.8. The van der Waals surface area contributed by atoms with E-state index in [2.05, 4.69) is 0 Å². The summed E-state index contributed by atoms with van der Waals surface area (Å²) in [7, 11) is 2.82. The van der Waals surface area contributed by atoms with E-state index in [1.807, 2.05) is 6.92 Å². The van der Waals surface area contributed by atoms with Gasteiger partial charge in [-0.2, -0.15) is 0 Å². The molecule has 4 saturated carbocycles. The third-order valence-corrected chi connectivity index (χ3v) is 20.5. The van der Waals surface area contributed by atoms with Gasteiger partial charge in [0.05, 0.1) is 43.2 Å². The van der Waals surface area contributed by atoms with Crippen LogP contribution >= 0.6 is 0 Å². The summed E-state index contributed by atoms with van der Waals surface area (Å²) < 4.78 is 73.7. The standard InChI is InChI=1S/C59H88O25/c1-10-26(2)51(69)80-48-49-56(6)19-17-32(22-31(56)16-20-58(49,71)59(72)21-18-33(27(3)62)57(59,7)50(48)84-52(70)30-14-12-11-13-15-30)77-37-23-34(73-8)44(28(4)75-37)81-55-43(68)47(74-9)45(29(5)76-55)82-54-42(67)40(65)46(36(25-61)79-54)83-53-41(66)39(64)38(63)35(24-60)78-53/h10-15,28-29,31-50,53-55,60-61,63-68,71-72H,16-25H2,1-9H3/b26-10+/t28?,29?,31-,32-,33+,34+,35?,36?,37-,38?,39-,40+,41?,42?,43?,44?,45?,46?,47+,48-,49+,50+,53-,54-,55-,56-,57-,58-,59+/m0/s1. The van der Waals surface area contributed by atoms with Gasteiger partial charge in [-0.1, -0.05) is 38.1 Å². The number of hydrogen-bond donors (Lipinski definition) is 10. The number of fused-ring (bicyclic) bond motifs is 5. The van der Waals surface area contributed by atoms with Gasteiger partial charge >= 0.3 is 11.9 Å². The molecule has 8 fully saturated rings. The SMILES string of the molecule is C/C=C(\C)C(=O)O[C@@H]1[C@@H](OC(=O)c2ccccc2)[C@]2(C)[C@@H](C(C)=O)CC[C@]2(O)[C@]2(O)CC[C@H]3C[C@@H](O[C@H]4C[C@@H](OC)C(O[C@@H]5OC(C)C(O[C@@H]6OC(CO)C(O[C@@H]7OC(CO)C(O)[C@H](O)C7O)[C@H](O)C6O)[C@H](OC)C5O)C(C)O4)CC[C@]3(C)[C@@H]12. The van der Waals surface area contributed by atoms with Crippen LogP contribution in [0.4, 0.5) is 0 Å². The van der Waals surface area contributed by atoms with Crippen molar-refractivity contribution < 1.29 is 122 Å². The van der Waals surface area contributed by atoms with Crippen molar-refractivity contribution in [1.29, 1.82) is 0 Å². The van der Waals surface area contributed by atoms with Crippen molar-refractivity contribution in [2.45, 2.75) is 246 Å². The molecule has 474 valence electrons. The summed E-state index contributed by atoms with van der Waals surface area (Å²) in [6, 6.07) is 8.33. The normalized spacial score (nSPS) is 48.8. The summed E-state index contributed by atoms with van der Waals surface area (Å²) in [5.41, 5.74) is -5.69. The average molecular weight is 1200 g/mol. The second-order valence-electron chi connectivity index (χ2n) is 24.9. The first-order valence-electron chi connectivity index (χ1n) is 29.4. The lowest BCUT2D eigenvalue weighted by molar-refractivity contribution is -0.384. The maximum absolute atomic E-state index is 14.2. The Hall–Kier alpha value is -3.23. The van der Waals surface area contributed by atoms with Gasteiger partial charge in [-0.3, -0.25) is 4.79 Å². The summed E-state index contributed by atoms with van der Waals surface area (Å²) in [6.45, 7) is 10.3. The molecule has 25 heteroatoms. The number of aliphatic hydroxyl groups excluding tert-OH is 8. The molecule has 0 amide bonds. The number of esters is 2. The molecule has 0 aromatic heterocycles. The van der Waals surface area contributed by atoms with Gasteiger partial charge in [0.1, 0.15) is 102 Å². The van der Waals surface area contributed by atoms with Crippen LogP contribution in [0.25, 0.3) is 0 Å². The number of benzene rings is 1. The van der Waals surface area contributed by atoms with Gasteiger partial charge in [-0.15, -0.1) is 0 Å². The number of ketones is 1. The molecule has 4 aliphatic heterocycles. The maximum Gasteiger partial charge on any atom is 0.338 e. The maximum atomic E-state index is 14.2. The molecule has 8 aliphatic rings. The van der Waals surface area contributed by atoms with Crippen molar-refractivity contribution >= 4 is 17.7 Å². The summed E-state index contributed by atoms with van der Waals surface area (Å²) >= 11 is 0. The van der Waals surface area contributed by atoms with E-state index in [1.54, 1.807) is 71.0 Å². The Kier molecular flexibility index (Phi) is 20.0. The van der Waals surface area contributed by atoms with Crippen LogP contribution in [0.1, 0.15) is 110 Å². The van der Waals surface area contributed by atoms with Crippen LogP contribution in [0.15, 0.2) is 42.0 Å². The van der Waals surface area contributed by atoms with Crippen LogP contribution < -0.4 is 0 Å². The molecular formula is C59H88O25. The number of allylic oxidation sites excluding steroid dienone is 1. The van der Waals surface area contributed by atoms with Crippen LogP contribution in [0.2, 0.25) is 0 Å². The smallest absolute Gasteiger partial charge is 0.338 e. The zero-order valence-corrected chi connectivity index (χ0v) is 49.1. The number of carbonyl (C=O) groups is 3. The Labute approximate surface area is 488 Å². The van der Waals surface area contributed by atoms with Crippen LogP contribution in [-0.4, -0.2) is 242 Å². The molecule has 0 radical (unpaired) electrons. The Morgan fingerprint density at radius 3 is 1.89 bits per heavy atom. The number of rotatable bonds is 17. The van der Waals surface area contributed by atoms with E-state index in [-0.39, 0.29) is 54.6 Å². The summed E-state index contributed by atoms with van der Waals surface area (Å²) in [6.07, 6.45) is -25.0. The fourth-order valence-electron chi connectivity index (χ4n) is 15.7. The molecule has 11 unspecified atom stereocenters. The van der Waals surface area contributed by atoms with E-state index in [1.165, 1.54) is 21.1 Å². The van der Waals surface area contributed by atoms with E-state index in [9.17, 15) is 65.4 Å². The summed E-state index contributed by atoms with van der Waals surface area (Å²) in [5, 5.41) is 112. The molecule has 1 aromatic rings. The van der Waals surface area contributed by atoms with Crippen LogP contribution in [-0.2, 0) is 66.4 Å². The predicted molar refractivity (Wildman–Crippen MR) is 286 cm³/mol. The lowest BCUT2D eigenvalue weighted by Gasteiger charge is -2.69. The molecule has 25 nitrogen and oxygen atoms in total. The molecule has 1 aromatic carbocycles. The molecule has 4 saturated heterocycles. The van der Waals surface area contributed by atoms with E-state index in [4.69, 9.17) is 56.8 Å². The van der Waals surface area contributed by atoms with Gasteiger partial charge in [0.25, 0.3) is 0 Å². The van der Waals surface area contributed by atoms with Gasteiger partial charge in [0, 0.05) is 43.5 Å². The largest absolute Gasteiger partial charge is 0.455 e. The van der Waals surface area contributed by atoms with Crippen molar-refractivity contribution in [2.75, 3.05) is 27.4 Å². The molecule has 84 heavy (non-hydrogen) atoms. The summed E-state index contributed by atoms with van der Waals surface area (Å²) in [4.78, 5) is 41.9. The lowest BCUT2D eigenvalue weighted by Crippen LogP contribution is -2.81. The van der Waals surface area contributed by atoms with Crippen molar-refractivity contribution in [1.82, 2.24) is 0 Å². The van der Waals surface area contributed by atoms with E-state index in [0.717, 1.165) is 0 Å². The zero-order valence-electron chi connectivity index (χ0n) is 49.1. The lowest BCUT2D eigenvalue weighted by atomic mass is 9.39. The van der Waals surface area contributed by atoms with Crippen molar-refractivity contribution in [2.24, 2.45) is 28.6 Å². The highest BCUT2D eigenvalue weighted by molar-refractivity contribution is 5.90. The quantitative estimate of drug-likeness (QED) is 0.0550. The van der Waals surface area contributed by atoms with Crippen molar-refractivity contribution in [3.8, 4) is 0 Å². The van der Waals surface area contributed by atoms with Gasteiger partial charge in [-0.05, 0) is 103 Å². The number of methoxy groups -OCH3 is 2. The van der Waals surface area contributed by atoms with Crippen LogP contribution in [0, 0.1) is 28.6 Å². The Morgan fingerprint density at radius 1 is 0.643 bits per heavy atom. The van der Waals surface area contributed by atoms with Gasteiger partial charge < -0.3 is 108 Å². The number of aliphatic hydroxyl groups is 10. The predicted octanol–water partition coefficient (Wildman–Crippen LogP) is -0.162. The minimum absolute atomic E-state index is 0.0514. The second kappa shape index (κ2) is 25.7. The molecule has 9 rings (SSSR count). The molecular weight excluding hydrogens is 1110 g/mol. The highest BCUT2D eigenvalue weighted by Gasteiger charge is 2.81. The first kappa shape index (κ1) is 65.2. The Morgan fingerprint density at radius 2 is 1.26 bits per heavy atom. The van der Waals surface area contributed by atoms with Gasteiger partial charge in [0.2, 0.25) is 0 Å². The monoisotopic (exact) mass is 1200 g/mol. The zero-order chi connectivity index (χ0) is 61.1. The molecule has 4 aliphatic carbocycles. The van der Waals surface area contributed by atoms with Gasteiger partial charge in [0.15, 0.2) is 25.2 Å². The minimum atomic E-state index is -1.94. The number of ether oxygens (including phenoxy) is 12. The first-order chi connectivity index (χ1) is 39.8. The third kappa shape index (κ3) is 11.4. The van der Waals surface area contributed by atoms with Gasteiger partial charge in [-0.25, -0.2) is 9.59 Å². The number of Topliss-reactive ketones (excluding diaryl/α,β-unsaturated/α-hetero) is 1. The van der Waals surface area contributed by atoms with Crippen molar-refractivity contribution in [3.63, 3.8) is 0 Å². The fraction of sp³-hybridized carbons (Fsp3) is 0.814. The third-order valence-electron chi connectivity index (χ3n) is 20.5. The van der Waals surface area contributed by atoms with Crippen molar-refractivity contribution in [3.05, 3.63) is 47.5 Å². The highest BCUT2D eigenvalue weighted by Crippen LogP contribution is 2.72. The van der Waals surface area contributed by atoms with E-state index >= 15 is 0 Å². The molecule has 29 atom stereocenters.